The largest absolute Gasteiger partial charge is 0.358 e. The second-order valence-corrected chi connectivity index (χ2v) is 4.56. The lowest BCUT2D eigenvalue weighted by Gasteiger charge is -2.19. The van der Waals surface area contributed by atoms with E-state index in [0.717, 1.165) is 37.5 Å². The molecule has 3 nitrogen and oxygen atoms in total. The Morgan fingerprint density at radius 1 is 1.38 bits per heavy atom. The number of aromatic amines is 1. The van der Waals surface area contributed by atoms with Crippen LogP contribution >= 0.6 is 0 Å². The van der Waals surface area contributed by atoms with E-state index in [2.05, 4.69) is 4.98 Å². The van der Waals surface area contributed by atoms with Gasteiger partial charge in [0.25, 0.3) is 0 Å². The fourth-order valence-electron chi connectivity index (χ4n) is 2.46. The summed E-state index contributed by atoms with van der Waals surface area (Å²) in [4.78, 5) is 25.9. The van der Waals surface area contributed by atoms with Gasteiger partial charge in [-0.15, -0.1) is 0 Å². The SMILES string of the molecule is Cc1c(C=O)c[nH]c1C(=O)C1CCCCC1. The predicted octanol–water partition coefficient (Wildman–Crippen LogP) is 2.90. The number of nitrogens with one attached hydrogen (secondary N) is 1. The molecule has 0 spiro atoms. The highest BCUT2D eigenvalue weighted by Crippen LogP contribution is 2.27. The molecule has 0 radical (unpaired) electrons. The molecule has 1 aromatic rings. The maximum Gasteiger partial charge on any atom is 0.182 e. The van der Waals surface area contributed by atoms with Crippen LogP contribution in [-0.2, 0) is 0 Å². The molecule has 1 saturated carbocycles. The molecule has 1 fully saturated rings. The lowest BCUT2D eigenvalue weighted by Crippen LogP contribution is -2.18. The van der Waals surface area contributed by atoms with Crippen molar-refractivity contribution in [2.75, 3.05) is 0 Å². The number of aldehydes is 1. The second-order valence-electron chi connectivity index (χ2n) is 4.56. The third-order valence-electron chi connectivity index (χ3n) is 3.53. The van der Waals surface area contributed by atoms with Crippen molar-refractivity contribution < 1.29 is 9.59 Å². The minimum atomic E-state index is 0.158. The Bertz CT molecular complexity index is 400. The molecule has 0 saturated heterocycles. The Morgan fingerprint density at radius 3 is 2.62 bits per heavy atom. The molecule has 1 aliphatic rings. The maximum absolute atomic E-state index is 12.2. The van der Waals surface area contributed by atoms with Crippen molar-refractivity contribution in [2.24, 2.45) is 5.92 Å². The van der Waals surface area contributed by atoms with Crippen LogP contribution in [0.25, 0.3) is 0 Å². The summed E-state index contributed by atoms with van der Waals surface area (Å²) in [5.74, 6) is 0.343. The van der Waals surface area contributed by atoms with Crippen LogP contribution in [0.2, 0.25) is 0 Å². The molecule has 0 aromatic carbocycles. The van der Waals surface area contributed by atoms with Crippen molar-refractivity contribution in [2.45, 2.75) is 39.0 Å². The van der Waals surface area contributed by atoms with Gasteiger partial charge in [-0.2, -0.15) is 0 Å². The summed E-state index contributed by atoms with van der Waals surface area (Å²) in [5.41, 5.74) is 2.03. The Balaban J connectivity index is 2.19. The molecule has 0 bridgehead atoms. The van der Waals surface area contributed by atoms with E-state index in [-0.39, 0.29) is 11.7 Å². The molecule has 2 rings (SSSR count). The van der Waals surface area contributed by atoms with Crippen molar-refractivity contribution in [3.63, 3.8) is 0 Å². The van der Waals surface area contributed by atoms with Gasteiger partial charge in [-0.05, 0) is 25.3 Å². The average molecular weight is 219 g/mol. The van der Waals surface area contributed by atoms with Gasteiger partial charge in [-0.1, -0.05) is 19.3 Å². The van der Waals surface area contributed by atoms with Gasteiger partial charge < -0.3 is 4.98 Å². The minimum absolute atomic E-state index is 0.158. The lowest BCUT2D eigenvalue weighted by atomic mass is 9.84. The number of hydrogen-bond donors (Lipinski definition) is 1. The zero-order chi connectivity index (χ0) is 11.5. The van der Waals surface area contributed by atoms with Crippen molar-refractivity contribution in [1.29, 1.82) is 0 Å². The summed E-state index contributed by atoms with van der Waals surface area (Å²) in [7, 11) is 0. The van der Waals surface area contributed by atoms with E-state index in [9.17, 15) is 9.59 Å². The monoisotopic (exact) mass is 219 g/mol. The third-order valence-corrected chi connectivity index (χ3v) is 3.53. The van der Waals surface area contributed by atoms with Crippen molar-refractivity contribution in [3.8, 4) is 0 Å². The molecule has 3 heteroatoms. The number of aromatic nitrogens is 1. The van der Waals surface area contributed by atoms with Crippen LogP contribution in [0.4, 0.5) is 0 Å². The smallest absolute Gasteiger partial charge is 0.182 e. The van der Waals surface area contributed by atoms with Crippen molar-refractivity contribution >= 4 is 12.1 Å². The van der Waals surface area contributed by atoms with Crippen molar-refractivity contribution in [1.82, 2.24) is 4.98 Å². The highest BCUT2D eigenvalue weighted by Gasteiger charge is 2.25. The molecule has 86 valence electrons. The van der Waals surface area contributed by atoms with Gasteiger partial charge in [0.15, 0.2) is 12.1 Å². The van der Waals surface area contributed by atoms with Gasteiger partial charge in [0.1, 0.15) is 0 Å². The van der Waals surface area contributed by atoms with E-state index in [4.69, 9.17) is 0 Å². The molecule has 0 unspecified atom stereocenters. The van der Waals surface area contributed by atoms with Gasteiger partial charge in [-0.25, -0.2) is 0 Å². The minimum Gasteiger partial charge on any atom is -0.358 e. The molecular weight excluding hydrogens is 202 g/mol. The van der Waals surface area contributed by atoms with Gasteiger partial charge in [0, 0.05) is 17.7 Å². The maximum atomic E-state index is 12.2. The Labute approximate surface area is 95.2 Å². The molecule has 1 aliphatic carbocycles. The summed E-state index contributed by atoms with van der Waals surface area (Å²) in [6.45, 7) is 1.83. The second kappa shape index (κ2) is 4.64. The number of carbonyl (C=O) groups excluding carboxylic acids is 2. The molecule has 1 aromatic heterocycles. The zero-order valence-electron chi connectivity index (χ0n) is 9.58. The van der Waals surface area contributed by atoms with E-state index in [1.54, 1.807) is 6.20 Å². The highest BCUT2D eigenvalue weighted by molar-refractivity contribution is 5.99. The van der Waals surface area contributed by atoms with Crippen LogP contribution in [-0.4, -0.2) is 17.1 Å². The third kappa shape index (κ3) is 1.94. The molecule has 0 atom stereocenters. The fourth-order valence-corrected chi connectivity index (χ4v) is 2.46. The van der Waals surface area contributed by atoms with Crippen LogP contribution in [0, 0.1) is 12.8 Å². The predicted molar refractivity (Wildman–Crippen MR) is 61.8 cm³/mol. The average Bonchev–Trinajstić information content (AvgIpc) is 2.70. The summed E-state index contributed by atoms with van der Waals surface area (Å²) >= 11 is 0. The Morgan fingerprint density at radius 2 is 2.06 bits per heavy atom. The molecule has 16 heavy (non-hydrogen) atoms. The van der Waals surface area contributed by atoms with Crippen LogP contribution in [0.1, 0.15) is 58.5 Å². The van der Waals surface area contributed by atoms with E-state index in [0.29, 0.717) is 11.3 Å². The quantitative estimate of drug-likeness (QED) is 0.627. The van der Waals surface area contributed by atoms with E-state index >= 15 is 0 Å². The van der Waals surface area contributed by atoms with Crippen LogP contribution < -0.4 is 0 Å². The summed E-state index contributed by atoms with van der Waals surface area (Å²) in [6, 6.07) is 0. The van der Waals surface area contributed by atoms with E-state index < -0.39 is 0 Å². The lowest BCUT2D eigenvalue weighted by molar-refractivity contribution is 0.0884. The van der Waals surface area contributed by atoms with Crippen LogP contribution in [0.3, 0.4) is 0 Å². The van der Waals surface area contributed by atoms with Gasteiger partial charge in [-0.3, -0.25) is 9.59 Å². The first-order chi connectivity index (χ1) is 7.74. The molecule has 1 heterocycles. The van der Waals surface area contributed by atoms with Crippen LogP contribution in [0.15, 0.2) is 6.20 Å². The van der Waals surface area contributed by atoms with Gasteiger partial charge >= 0.3 is 0 Å². The fraction of sp³-hybridized carbons (Fsp3) is 0.538. The Hall–Kier alpha value is -1.38. The number of hydrogen-bond acceptors (Lipinski definition) is 2. The topological polar surface area (TPSA) is 49.9 Å². The van der Waals surface area contributed by atoms with E-state index in [1.807, 2.05) is 6.92 Å². The standard InChI is InChI=1S/C13H17NO2/c1-9-11(8-15)7-14-12(9)13(16)10-5-3-2-4-6-10/h7-8,10,14H,2-6H2,1H3. The molecule has 0 aliphatic heterocycles. The Kier molecular flexibility index (Phi) is 3.22. The first kappa shape index (κ1) is 11.1. The first-order valence-electron chi connectivity index (χ1n) is 5.91. The molecule has 1 N–H and O–H groups in total. The summed E-state index contributed by atoms with van der Waals surface area (Å²) in [6.07, 6.45) is 7.95. The number of H-pyrrole nitrogens is 1. The number of ketones is 1. The zero-order valence-corrected chi connectivity index (χ0v) is 9.58. The van der Waals surface area contributed by atoms with Crippen molar-refractivity contribution in [3.05, 3.63) is 23.0 Å². The number of carbonyl (C=O) groups is 2. The van der Waals surface area contributed by atoms with Gasteiger partial charge in [0.2, 0.25) is 0 Å². The number of rotatable bonds is 3. The first-order valence-corrected chi connectivity index (χ1v) is 5.91. The summed E-state index contributed by atoms with van der Waals surface area (Å²) in [5, 5.41) is 0. The highest BCUT2D eigenvalue weighted by atomic mass is 16.1. The normalized spacial score (nSPS) is 17.3. The summed E-state index contributed by atoms with van der Waals surface area (Å²) < 4.78 is 0. The van der Waals surface area contributed by atoms with Crippen LogP contribution in [0.5, 0.6) is 0 Å². The van der Waals surface area contributed by atoms with E-state index in [1.165, 1.54) is 6.42 Å². The molecular formula is C13H17NO2. The number of Topliss-reactive ketones (excluding diaryl/α,β-unsaturated/α-hetero) is 1. The molecule has 0 amide bonds. The van der Waals surface area contributed by atoms with Gasteiger partial charge in [0.05, 0.1) is 5.69 Å².